The lowest BCUT2D eigenvalue weighted by Gasteiger charge is -2.31. The van der Waals surface area contributed by atoms with Gasteiger partial charge in [-0.15, -0.1) is 11.6 Å². The first kappa shape index (κ1) is 13.9. The number of nitrogens with zero attached hydrogens (tertiary/aromatic N) is 3. The Morgan fingerprint density at radius 1 is 1.30 bits per heavy atom. The van der Waals surface area contributed by atoms with E-state index in [0.717, 1.165) is 24.4 Å². The topological polar surface area (TPSA) is 21.1 Å². The molecule has 0 amide bonds. The van der Waals surface area contributed by atoms with E-state index in [1.54, 1.807) is 0 Å². The Hall–Kier alpha value is -1.06. The maximum atomic E-state index is 6.37. The zero-order valence-electron chi connectivity index (χ0n) is 12.4. The van der Waals surface area contributed by atoms with Gasteiger partial charge in [0.05, 0.1) is 16.4 Å². The number of hydrogen-bond donors (Lipinski definition) is 0. The van der Waals surface area contributed by atoms with Gasteiger partial charge in [0.15, 0.2) is 0 Å². The van der Waals surface area contributed by atoms with Gasteiger partial charge < -0.3 is 9.47 Å². The molecule has 1 unspecified atom stereocenters. The number of fused-ring (bicyclic) bond motifs is 1. The number of alkyl halides is 1. The zero-order valence-corrected chi connectivity index (χ0v) is 13.2. The van der Waals surface area contributed by atoms with Crippen molar-refractivity contribution in [3.05, 3.63) is 29.6 Å². The van der Waals surface area contributed by atoms with Crippen LogP contribution in [0.2, 0.25) is 0 Å². The van der Waals surface area contributed by atoms with Crippen molar-refractivity contribution in [2.75, 3.05) is 20.1 Å². The van der Waals surface area contributed by atoms with E-state index in [0.29, 0.717) is 6.04 Å². The number of likely N-dealkylation sites (tertiary alicyclic amines) is 1. The number of aryl methyl sites for hydroxylation is 1. The molecular weight excluding hydrogens is 270 g/mol. The van der Waals surface area contributed by atoms with Gasteiger partial charge in [-0.05, 0) is 64.5 Å². The second kappa shape index (κ2) is 5.38. The number of benzene rings is 1. The fourth-order valence-electron chi connectivity index (χ4n) is 3.14. The van der Waals surface area contributed by atoms with Crippen LogP contribution in [0.25, 0.3) is 11.0 Å². The standard InChI is InChI=1S/C16H22ClN3/c1-11-4-5-15-14(10-11)18-16(12(2)17)20(15)13-6-8-19(3)9-7-13/h4-5,10,12-13H,6-9H2,1-3H3. The van der Waals surface area contributed by atoms with Crippen LogP contribution in [-0.2, 0) is 0 Å². The molecule has 1 aromatic carbocycles. The zero-order chi connectivity index (χ0) is 14.3. The Morgan fingerprint density at radius 3 is 2.65 bits per heavy atom. The van der Waals surface area contributed by atoms with Gasteiger partial charge >= 0.3 is 0 Å². The molecule has 0 radical (unpaired) electrons. The molecule has 0 spiro atoms. The average Bonchev–Trinajstić information content (AvgIpc) is 2.78. The van der Waals surface area contributed by atoms with Crippen LogP contribution in [0.3, 0.4) is 0 Å². The van der Waals surface area contributed by atoms with Gasteiger partial charge in [0, 0.05) is 6.04 Å². The van der Waals surface area contributed by atoms with Crippen LogP contribution < -0.4 is 0 Å². The van der Waals surface area contributed by atoms with Gasteiger partial charge in [-0.3, -0.25) is 0 Å². The Kier molecular flexibility index (Phi) is 3.74. The smallest absolute Gasteiger partial charge is 0.127 e. The second-order valence-electron chi connectivity index (χ2n) is 5.98. The minimum absolute atomic E-state index is 0.0534. The Morgan fingerprint density at radius 2 is 2.00 bits per heavy atom. The Labute approximate surface area is 125 Å². The van der Waals surface area contributed by atoms with Crippen LogP contribution in [0.15, 0.2) is 18.2 Å². The van der Waals surface area contributed by atoms with Gasteiger partial charge in [-0.1, -0.05) is 6.07 Å². The molecule has 3 rings (SSSR count). The van der Waals surface area contributed by atoms with Gasteiger partial charge in [-0.2, -0.15) is 0 Å². The molecule has 1 atom stereocenters. The summed E-state index contributed by atoms with van der Waals surface area (Å²) in [5, 5.41) is -0.0534. The molecule has 2 aromatic rings. The van der Waals surface area contributed by atoms with E-state index in [-0.39, 0.29) is 5.38 Å². The summed E-state index contributed by atoms with van der Waals surface area (Å²) in [6.45, 7) is 6.41. The molecule has 108 valence electrons. The number of hydrogen-bond acceptors (Lipinski definition) is 2. The largest absolute Gasteiger partial charge is 0.324 e. The lowest BCUT2D eigenvalue weighted by atomic mass is 10.0. The molecule has 0 saturated carbocycles. The molecule has 1 aliphatic heterocycles. The van der Waals surface area contributed by atoms with Crippen LogP contribution in [-0.4, -0.2) is 34.6 Å². The summed E-state index contributed by atoms with van der Waals surface area (Å²) in [7, 11) is 2.19. The Bertz CT molecular complexity index is 609. The monoisotopic (exact) mass is 291 g/mol. The molecule has 1 saturated heterocycles. The van der Waals surface area contributed by atoms with Gasteiger partial charge in [0.2, 0.25) is 0 Å². The molecule has 0 bridgehead atoms. The summed E-state index contributed by atoms with van der Waals surface area (Å²) >= 11 is 6.37. The second-order valence-corrected chi connectivity index (χ2v) is 6.64. The lowest BCUT2D eigenvalue weighted by molar-refractivity contribution is 0.221. The van der Waals surface area contributed by atoms with Crippen molar-refractivity contribution in [2.24, 2.45) is 0 Å². The first-order valence-electron chi connectivity index (χ1n) is 7.37. The van der Waals surface area contributed by atoms with Crippen LogP contribution >= 0.6 is 11.6 Å². The maximum absolute atomic E-state index is 6.37. The number of imidazole rings is 1. The van der Waals surface area contributed by atoms with Crippen LogP contribution in [0, 0.1) is 6.92 Å². The highest BCUT2D eigenvalue weighted by molar-refractivity contribution is 6.20. The van der Waals surface area contributed by atoms with E-state index >= 15 is 0 Å². The third kappa shape index (κ3) is 2.45. The molecule has 1 fully saturated rings. The minimum atomic E-state index is -0.0534. The highest BCUT2D eigenvalue weighted by Gasteiger charge is 2.24. The van der Waals surface area contributed by atoms with Crippen molar-refractivity contribution in [1.82, 2.24) is 14.5 Å². The fraction of sp³-hybridized carbons (Fsp3) is 0.562. The number of aromatic nitrogens is 2. The summed E-state index contributed by atoms with van der Waals surface area (Å²) in [5.74, 6) is 1.02. The molecule has 20 heavy (non-hydrogen) atoms. The normalized spacial score (nSPS) is 19.6. The third-order valence-electron chi connectivity index (χ3n) is 4.28. The lowest BCUT2D eigenvalue weighted by Crippen LogP contribution is -2.32. The first-order chi connectivity index (χ1) is 9.56. The summed E-state index contributed by atoms with van der Waals surface area (Å²) in [5.41, 5.74) is 3.55. The summed E-state index contributed by atoms with van der Waals surface area (Å²) in [6, 6.07) is 7.04. The molecule has 0 N–H and O–H groups in total. The quantitative estimate of drug-likeness (QED) is 0.782. The number of halogens is 1. The van der Waals surface area contributed by atoms with Crippen molar-refractivity contribution >= 4 is 22.6 Å². The van der Waals surface area contributed by atoms with Crippen molar-refractivity contribution < 1.29 is 0 Å². The van der Waals surface area contributed by atoms with Crippen molar-refractivity contribution in [3.8, 4) is 0 Å². The van der Waals surface area contributed by atoms with E-state index in [9.17, 15) is 0 Å². The van der Waals surface area contributed by atoms with E-state index < -0.39 is 0 Å². The van der Waals surface area contributed by atoms with Gasteiger partial charge in [0.1, 0.15) is 5.82 Å². The van der Waals surface area contributed by atoms with Gasteiger partial charge in [-0.25, -0.2) is 4.98 Å². The first-order valence-corrected chi connectivity index (χ1v) is 7.81. The number of piperidine rings is 1. The fourth-order valence-corrected chi connectivity index (χ4v) is 3.30. The van der Waals surface area contributed by atoms with Crippen LogP contribution in [0.1, 0.15) is 42.6 Å². The van der Waals surface area contributed by atoms with E-state index in [2.05, 4.69) is 41.6 Å². The van der Waals surface area contributed by atoms with E-state index in [4.69, 9.17) is 16.6 Å². The predicted octanol–water partition coefficient (Wildman–Crippen LogP) is 3.91. The maximum Gasteiger partial charge on any atom is 0.127 e. The predicted molar refractivity (Wildman–Crippen MR) is 84.5 cm³/mol. The third-order valence-corrected chi connectivity index (χ3v) is 4.48. The molecule has 0 aliphatic carbocycles. The van der Waals surface area contributed by atoms with Crippen LogP contribution in [0.5, 0.6) is 0 Å². The summed E-state index contributed by atoms with van der Waals surface area (Å²) in [4.78, 5) is 7.18. The summed E-state index contributed by atoms with van der Waals surface area (Å²) < 4.78 is 2.39. The SMILES string of the molecule is Cc1ccc2c(c1)nc(C(C)Cl)n2C1CCN(C)CC1. The molecule has 1 aromatic heterocycles. The molecule has 4 heteroatoms. The van der Waals surface area contributed by atoms with Crippen molar-refractivity contribution in [3.63, 3.8) is 0 Å². The Balaban J connectivity index is 2.09. The molecule has 2 heterocycles. The average molecular weight is 292 g/mol. The van der Waals surface area contributed by atoms with Crippen molar-refractivity contribution in [2.45, 2.75) is 38.1 Å². The van der Waals surface area contributed by atoms with Gasteiger partial charge in [0.25, 0.3) is 0 Å². The van der Waals surface area contributed by atoms with E-state index in [1.165, 1.54) is 23.9 Å². The molecule has 3 nitrogen and oxygen atoms in total. The highest BCUT2D eigenvalue weighted by Crippen LogP contribution is 2.32. The minimum Gasteiger partial charge on any atom is -0.324 e. The summed E-state index contributed by atoms with van der Waals surface area (Å²) in [6.07, 6.45) is 2.35. The molecule has 1 aliphatic rings. The van der Waals surface area contributed by atoms with E-state index in [1.807, 2.05) is 6.92 Å². The molecular formula is C16H22ClN3. The number of rotatable bonds is 2. The highest BCUT2D eigenvalue weighted by atomic mass is 35.5. The van der Waals surface area contributed by atoms with Crippen LogP contribution in [0.4, 0.5) is 0 Å². The van der Waals surface area contributed by atoms with Crippen molar-refractivity contribution in [1.29, 1.82) is 0 Å².